The zero-order chi connectivity index (χ0) is 15.2. The molecule has 0 aliphatic heterocycles. The van der Waals surface area contributed by atoms with Crippen molar-refractivity contribution in [3.8, 4) is 11.5 Å². The zero-order valence-corrected chi connectivity index (χ0v) is 12.7. The third-order valence-corrected chi connectivity index (χ3v) is 3.60. The van der Waals surface area contributed by atoms with E-state index in [9.17, 15) is 0 Å². The predicted molar refractivity (Wildman–Crippen MR) is 84.5 cm³/mol. The van der Waals surface area contributed by atoms with Gasteiger partial charge >= 0.3 is 0 Å². The van der Waals surface area contributed by atoms with Crippen molar-refractivity contribution in [1.82, 2.24) is 5.43 Å². The molecule has 0 spiro atoms. The molecule has 0 fully saturated rings. The summed E-state index contributed by atoms with van der Waals surface area (Å²) in [4.78, 5) is 0. The van der Waals surface area contributed by atoms with Gasteiger partial charge in [-0.25, -0.2) is 5.43 Å². The maximum absolute atomic E-state index is 5.76. The highest BCUT2D eigenvalue weighted by molar-refractivity contribution is 5.43. The van der Waals surface area contributed by atoms with Crippen LogP contribution in [0.5, 0.6) is 11.5 Å². The fourth-order valence-corrected chi connectivity index (χ4v) is 2.33. The molecule has 2 aromatic carbocycles. The molecule has 1 atom stereocenters. The third kappa shape index (κ3) is 3.54. The number of methoxy groups -OCH3 is 2. The van der Waals surface area contributed by atoms with E-state index in [1.54, 1.807) is 14.2 Å². The number of hydrogen-bond acceptors (Lipinski definition) is 4. The minimum absolute atomic E-state index is 0.111. The van der Waals surface area contributed by atoms with Crippen LogP contribution in [0.1, 0.15) is 29.7 Å². The van der Waals surface area contributed by atoms with Gasteiger partial charge in [-0.1, -0.05) is 31.2 Å². The number of nitrogens with two attached hydrogens (primary N) is 1. The van der Waals surface area contributed by atoms with Gasteiger partial charge in [0.1, 0.15) is 11.5 Å². The van der Waals surface area contributed by atoms with Crippen molar-refractivity contribution < 1.29 is 9.47 Å². The van der Waals surface area contributed by atoms with Gasteiger partial charge in [0.05, 0.1) is 20.3 Å². The minimum atomic E-state index is -0.111. The lowest BCUT2D eigenvalue weighted by atomic mass is 9.97. The third-order valence-electron chi connectivity index (χ3n) is 3.60. The van der Waals surface area contributed by atoms with E-state index in [0.29, 0.717) is 0 Å². The van der Waals surface area contributed by atoms with Gasteiger partial charge in [-0.3, -0.25) is 5.84 Å². The average Bonchev–Trinajstić information content (AvgIpc) is 2.55. The van der Waals surface area contributed by atoms with Crippen LogP contribution >= 0.6 is 0 Å². The van der Waals surface area contributed by atoms with Gasteiger partial charge in [-0.2, -0.15) is 0 Å². The van der Waals surface area contributed by atoms with Gasteiger partial charge in [0, 0.05) is 6.07 Å². The van der Waals surface area contributed by atoms with Gasteiger partial charge in [0.15, 0.2) is 0 Å². The molecule has 0 saturated carbocycles. The van der Waals surface area contributed by atoms with Crippen molar-refractivity contribution in [3.63, 3.8) is 0 Å². The largest absolute Gasteiger partial charge is 0.497 e. The minimum Gasteiger partial charge on any atom is -0.497 e. The Kier molecular flexibility index (Phi) is 5.20. The first-order valence-corrected chi connectivity index (χ1v) is 6.99. The van der Waals surface area contributed by atoms with Crippen LogP contribution in [0.25, 0.3) is 0 Å². The van der Waals surface area contributed by atoms with E-state index in [0.717, 1.165) is 29.0 Å². The van der Waals surface area contributed by atoms with Crippen LogP contribution in [0, 0.1) is 0 Å². The van der Waals surface area contributed by atoms with Crippen LogP contribution in [0.2, 0.25) is 0 Å². The number of nitrogens with one attached hydrogen (secondary N) is 1. The van der Waals surface area contributed by atoms with Crippen molar-refractivity contribution in [1.29, 1.82) is 0 Å². The Bertz CT molecular complexity index is 560. The number of ether oxygens (including phenoxy) is 2. The summed E-state index contributed by atoms with van der Waals surface area (Å²) in [7, 11) is 3.28. The second kappa shape index (κ2) is 7.11. The number of hydrazine groups is 1. The van der Waals surface area contributed by atoms with E-state index >= 15 is 0 Å². The lowest BCUT2D eigenvalue weighted by Crippen LogP contribution is -2.28. The van der Waals surface area contributed by atoms with Crippen LogP contribution < -0.4 is 20.7 Å². The molecular weight excluding hydrogens is 264 g/mol. The number of aryl methyl sites for hydroxylation is 1. The number of hydrogen-bond donors (Lipinski definition) is 2. The zero-order valence-electron chi connectivity index (χ0n) is 12.7. The van der Waals surface area contributed by atoms with Gasteiger partial charge in [0.2, 0.25) is 0 Å². The molecule has 0 radical (unpaired) electrons. The molecule has 2 rings (SSSR count). The summed E-state index contributed by atoms with van der Waals surface area (Å²) in [6, 6.07) is 14.1. The fraction of sp³-hybridized carbons (Fsp3) is 0.294. The normalized spacial score (nSPS) is 12.0. The second-order valence-electron chi connectivity index (χ2n) is 4.84. The van der Waals surface area contributed by atoms with Crippen LogP contribution in [-0.2, 0) is 6.42 Å². The maximum atomic E-state index is 5.76. The molecule has 1 unspecified atom stereocenters. The summed E-state index contributed by atoms with van der Waals surface area (Å²) < 4.78 is 10.6. The summed E-state index contributed by atoms with van der Waals surface area (Å²) in [6.45, 7) is 2.14. The molecule has 21 heavy (non-hydrogen) atoms. The molecule has 4 nitrogen and oxygen atoms in total. The smallest absolute Gasteiger partial charge is 0.122 e. The van der Waals surface area contributed by atoms with E-state index in [-0.39, 0.29) is 6.04 Å². The average molecular weight is 286 g/mol. The highest BCUT2D eigenvalue weighted by atomic mass is 16.5. The van der Waals surface area contributed by atoms with Gasteiger partial charge in [-0.15, -0.1) is 0 Å². The van der Waals surface area contributed by atoms with Crippen molar-refractivity contribution >= 4 is 0 Å². The van der Waals surface area contributed by atoms with E-state index in [1.807, 2.05) is 18.2 Å². The highest BCUT2D eigenvalue weighted by Crippen LogP contribution is 2.29. The quantitative estimate of drug-likeness (QED) is 0.633. The van der Waals surface area contributed by atoms with E-state index in [4.69, 9.17) is 15.3 Å². The van der Waals surface area contributed by atoms with Crippen molar-refractivity contribution in [3.05, 3.63) is 59.2 Å². The van der Waals surface area contributed by atoms with Crippen LogP contribution in [0.15, 0.2) is 42.5 Å². The first-order valence-electron chi connectivity index (χ1n) is 6.99. The molecule has 2 aromatic rings. The molecule has 0 amide bonds. The fourth-order valence-electron chi connectivity index (χ4n) is 2.33. The molecular formula is C17H22N2O2. The first kappa shape index (κ1) is 15.4. The molecule has 0 bridgehead atoms. The maximum Gasteiger partial charge on any atom is 0.122 e. The first-order chi connectivity index (χ1) is 10.2. The van der Waals surface area contributed by atoms with E-state index in [1.165, 1.54) is 5.56 Å². The molecule has 0 aliphatic rings. The van der Waals surface area contributed by atoms with Crippen LogP contribution in [-0.4, -0.2) is 14.2 Å². The topological polar surface area (TPSA) is 56.5 Å². The molecule has 3 N–H and O–H groups in total. The molecule has 0 aliphatic carbocycles. The van der Waals surface area contributed by atoms with Crippen molar-refractivity contribution in [2.24, 2.45) is 5.84 Å². The van der Waals surface area contributed by atoms with Crippen molar-refractivity contribution in [2.45, 2.75) is 19.4 Å². The Hall–Kier alpha value is -2.04. The van der Waals surface area contributed by atoms with E-state index < -0.39 is 0 Å². The summed E-state index contributed by atoms with van der Waals surface area (Å²) in [6.07, 6.45) is 1.02. The van der Waals surface area contributed by atoms with Crippen LogP contribution in [0.3, 0.4) is 0 Å². The Balaban J connectivity index is 2.39. The van der Waals surface area contributed by atoms with Crippen LogP contribution in [0.4, 0.5) is 0 Å². The Morgan fingerprint density at radius 2 is 1.52 bits per heavy atom. The highest BCUT2D eigenvalue weighted by Gasteiger charge is 2.14. The van der Waals surface area contributed by atoms with Gasteiger partial charge < -0.3 is 9.47 Å². The predicted octanol–water partition coefficient (Wildman–Crippen LogP) is 2.82. The van der Waals surface area contributed by atoms with Gasteiger partial charge in [-0.05, 0) is 35.2 Å². The molecule has 112 valence electrons. The molecule has 0 heterocycles. The summed E-state index contributed by atoms with van der Waals surface area (Å²) in [5.41, 5.74) is 6.27. The Morgan fingerprint density at radius 1 is 0.952 bits per heavy atom. The SMILES string of the molecule is CCc1ccc(C(NN)c2cc(OC)cc(OC)c2)cc1. The summed E-state index contributed by atoms with van der Waals surface area (Å²) >= 11 is 0. The van der Waals surface area contributed by atoms with Gasteiger partial charge in [0.25, 0.3) is 0 Å². The molecule has 4 heteroatoms. The number of benzene rings is 2. The molecule has 0 saturated heterocycles. The Labute approximate surface area is 125 Å². The standard InChI is InChI=1S/C17H22N2O2/c1-4-12-5-7-13(8-6-12)17(19-18)14-9-15(20-2)11-16(10-14)21-3/h5-11,17,19H,4,18H2,1-3H3. The lowest BCUT2D eigenvalue weighted by molar-refractivity contribution is 0.392. The summed E-state index contributed by atoms with van der Waals surface area (Å²) in [5, 5.41) is 0. The van der Waals surface area contributed by atoms with Crippen molar-refractivity contribution in [2.75, 3.05) is 14.2 Å². The monoisotopic (exact) mass is 286 g/mol. The Morgan fingerprint density at radius 3 is 1.95 bits per heavy atom. The second-order valence-corrected chi connectivity index (χ2v) is 4.84. The number of rotatable bonds is 6. The summed E-state index contributed by atoms with van der Waals surface area (Å²) in [5.74, 6) is 7.25. The van der Waals surface area contributed by atoms with E-state index in [2.05, 4.69) is 36.6 Å². The molecule has 0 aromatic heterocycles. The lowest BCUT2D eigenvalue weighted by Gasteiger charge is -2.19.